The Morgan fingerprint density at radius 2 is 2.14 bits per heavy atom. The number of nitrogens with zero attached hydrogens (tertiary/aromatic N) is 1. The molecule has 1 atom stereocenters. The first-order valence-electron chi connectivity index (χ1n) is 7.84. The van der Waals surface area contributed by atoms with Crippen LogP contribution in [0.15, 0.2) is 29.8 Å². The van der Waals surface area contributed by atoms with E-state index in [1.807, 2.05) is 4.90 Å². The summed E-state index contributed by atoms with van der Waals surface area (Å²) in [5.41, 5.74) is 6.32. The van der Waals surface area contributed by atoms with Crippen molar-refractivity contribution in [3.63, 3.8) is 0 Å². The maximum atomic E-state index is 12.5. The second kappa shape index (κ2) is 4.48. The van der Waals surface area contributed by atoms with Gasteiger partial charge in [-0.3, -0.25) is 4.79 Å². The van der Waals surface area contributed by atoms with Crippen LogP contribution in [0.2, 0.25) is 0 Å². The minimum Gasteiger partial charge on any atom is -0.353 e. The molecule has 1 unspecified atom stereocenters. The quantitative estimate of drug-likeness (QED) is 0.849. The van der Waals surface area contributed by atoms with Crippen molar-refractivity contribution in [2.75, 3.05) is 6.54 Å². The van der Waals surface area contributed by atoms with Gasteiger partial charge >= 0.3 is 0 Å². The Hall–Kier alpha value is -2.03. The van der Waals surface area contributed by atoms with Crippen molar-refractivity contribution < 1.29 is 4.79 Å². The van der Waals surface area contributed by atoms with Crippen LogP contribution in [0.3, 0.4) is 0 Å². The lowest BCUT2D eigenvalue weighted by Gasteiger charge is -2.38. The van der Waals surface area contributed by atoms with E-state index >= 15 is 0 Å². The van der Waals surface area contributed by atoms with Gasteiger partial charge in [-0.1, -0.05) is 32.0 Å². The Kier molecular flexibility index (Phi) is 2.71. The summed E-state index contributed by atoms with van der Waals surface area (Å²) in [5.74, 6) is 0.404. The van der Waals surface area contributed by atoms with Crippen LogP contribution in [0, 0.1) is 5.92 Å². The smallest absolute Gasteiger partial charge is 0.230 e. The van der Waals surface area contributed by atoms with E-state index in [1.54, 1.807) is 0 Å². The summed E-state index contributed by atoms with van der Waals surface area (Å²) < 4.78 is 0. The van der Waals surface area contributed by atoms with Crippen LogP contribution >= 0.6 is 0 Å². The number of para-hydroxylation sites is 1. The Morgan fingerprint density at radius 3 is 2.95 bits per heavy atom. The highest BCUT2D eigenvalue weighted by atomic mass is 16.2. The Balaban J connectivity index is 1.99. The zero-order chi connectivity index (χ0) is 14.6. The van der Waals surface area contributed by atoms with Crippen LogP contribution in [0.25, 0.3) is 16.6 Å². The van der Waals surface area contributed by atoms with Crippen LogP contribution in [-0.2, 0) is 11.2 Å². The molecule has 0 spiro atoms. The molecule has 2 aliphatic heterocycles. The van der Waals surface area contributed by atoms with E-state index in [4.69, 9.17) is 0 Å². The van der Waals surface area contributed by atoms with Crippen LogP contribution in [-0.4, -0.2) is 22.3 Å². The third-order valence-electron chi connectivity index (χ3n) is 4.91. The molecule has 0 bridgehead atoms. The number of fused-ring (bicyclic) bond motifs is 5. The zero-order valence-corrected chi connectivity index (χ0v) is 12.6. The molecular weight excluding hydrogens is 260 g/mol. The topological polar surface area (TPSA) is 36.1 Å². The highest BCUT2D eigenvalue weighted by molar-refractivity contribution is 5.97. The molecule has 2 aromatic rings. The molecule has 0 radical (unpaired) electrons. The van der Waals surface area contributed by atoms with E-state index in [1.165, 1.54) is 27.7 Å². The van der Waals surface area contributed by atoms with E-state index in [2.05, 4.69) is 43.1 Å². The van der Waals surface area contributed by atoms with Crippen molar-refractivity contribution in [2.24, 2.45) is 5.92 Å². The van der Waals surface area contributed by atoms with E-state index in [9.17, 15) is 4.79 Å². The lowest BCUT2D eigenvalue weighted by molar-refractivity contribution is -0.132. The molecule has 3 heteroatoms. The first-order chi connectivity index (χ1) is 10.2. The molecule has 0 saturated carbocycles. The summed E-state index contributed by atoms with van der Waals surface area (Å²) in [5, 5.41) is 1.31. The molecule has 1 N–H and O–H groups in total. The molecular formula is C18H20N2O. The number of carbonyl (C=O) groups excluding carboxylic acids is 1. The van der Waals surface area contributed by atoms with Crippen molar-refractivity contribution in [1.82, 2.24) is 9.88 Å². The average molecular weight is 280 g/mol. The van der Waals surface area contributed by atoms with Gasteiger partial charge in [0, 0.05) is 23.4 Å². The molecule has 1 aromatic carbocycles. The van der Waals surface area contributed by atoms with Gasteiger partial charge in [0.15, 0.2) is 0 Å². The molecule has 0 saturated heterocycles. The molecule has 3 nitrogen and oxygen atoms in total. The van der Waals surface area contributed by atoms with Gasteiger partial charge in [0.1, 0.15) is 0 Å². The predicted molar refractivity (Wildman–Crippen MR) is 84.7 cm³/mol. The minimum atomic E-state index is 0.120. The van der Waals surface area contributed by atoms with Gasteiger partial charge in [0.2, 0.25) is 5.91 Å². The van der Waals surface area contributed by atoms with Crippen LogP contribution < -0.4 is 0 Å². The largest absolute Gasteiger partial charge is 0.353 e. The van der Waals surface area contributed by atoms with Crippen molar-refractivity contribution >= 4 is 22.5 Å². The molecule has 108 valence electrons. The number of rotatable bonds is 1. The molecule has 1 aromatic heterocycles. The van der Waals surface area contributed by atoms with E-state index in [0.717, 1.165) is 31.5 Å². The number of benzene rings is 1. The number of nitrogens with one attached hydrogen (secondary N) is 1. The van der Waals surface area contributed by atoms with E-state index in [-0.39, 0.29) is 11.8 Å². The summed E-state index contributed by atoms with van der Waals surface area (Å²) in [4.78, 5) is 18.1. The third kappa shape index (κ3) is 1.70. The van der Waals surface area contributed by atoms with Gasteiger partial charge in [-0.15, -0.1) is 0 Å². The van der Waals surface area contributed by atoms with Crippen molar-refractivity contribution in [3.05, 3.63) is 41.1 Å². The monoisotopic (exact) mass is 280 g/mol. The number of aromatic nitrogens is 1. The van der Waals surface area contributed by atoms with Gasteiger partial charge in [0.05, 0.1) is 11.4 Å². The van der Waals surface area contributed by atoms with E-state index < -0.39 is 0 Å². The number of carbonyl (C=O) groups is 1. The molecule has 0 fully saturated rings. The molecule has 1 amide bonds. The SMILES string of the molecule is CCC1=C2c3[nH]c4ccccc4c3CCN2C(=O)C(C)C1. The lowest BCUT2D eigenvalue weighted by atomic mass is 9.87. The Labute approximate surface area is 124 Å². The number of hydrogen-bond donors (Lipinski definition) is 1. The maximum Gasteiger partial charge on any atom is 0.230 e. The molecule has 21 heavy (non-hydrogen) atoms. The second-order valence-corrected chi connectivity index (χ2v) is 6.17. The van der Waals surface area contributed by atoms with Crippen LogP contribution in [0.1, 0.15) is 37.9 Å². The van der Waals surface area contributed by atoms with Gasteiger partial charge in [-0.2, -0.15) is 0 Å². The zero-order valence-electron chi connectivity index (χ0n) is 12.6. The number of allylic oxidation sites excluding steroid dienone is 1. The highest BCUT2D eigenvalue weighted by Gasteiger charge is 2.36. The van der Waals surface area contributed by atoms with Gasteiger partial charge in [-0.05, 0) is 36.5 Å². The van der Waals surface area contributed by atoms with Gasteiger partial charge in [0.25, 0.3) is 0 Å². The number of amides is 1. The van der Waals surface area contributed by atoms with Crippen LogP contribution in [0.5, 0.6) is 0 Å². The Morgan fingerprint density at radius 1 is 1.33 bits per heavy atom. The maximum absolute atomic E-state index is 12.5. The molecule has 3 heterocycles. The van der Waals surface area contributed by atoms with Crippen molar-refractivity contribution in [2.45, 2.75) is 33.1 Å². The predicted octanol–water partition coefficient (Wildman–Crippen LogP) is 3.71. The highest BCUT2D eigenvalue weighted by Crippen LogP contribution is 2.41. The number of aromatic amines is 1. The fourth-order valence-corrected chi connectivity index (χ4v) is 3.85. The molecule has 0 aliphatic carbocycles. The fraction of sp³-hybridized carbons (Fsp3) is 0.389. The lowest BCUT2D eigenvalue weighted by Crippen LogP contribution is -2.42. The average Bonchev–Trinajstić information content (AvgIpc) is 2.89. The Bertz CT molecular complexity index is 769. The summed E-state index contributed by atoms with van der Waals surface area (Å²) in [6.45, 7) is 5.06. The fourth-order valence-electron chi connectivity index (χ4n) is 3.85. The summed E-state index contributed by atoms with van der Waals surface area (Å²) >= 11 is 0. The first-order valence-corrected chi connectivity index (χ1v) is 7.84. The first kappa shape index (κ1) is 12.7. The molecule has 4 rings (SSSR count). The summed E-state index contributed by atoms with van der Waals surface area (Å²) in [7, 11) is 0. The third-order valence-corrected chi connectivity index (χ3v) is 4.91. The minimum absolute atomic E-state index is 0.120. The van der Waals surface area contributed by atoms with Crippen LogP contribution in [0.4, 0.5) is 0 Å². The number of H-pyrrole nitrogens is 1. The number of hydrogen-bond acceptors (Lipinski definition) is 1. The van der Waals surface area contributed by atoms with E-state index in [0.29, 0.717) is 0 Å². The summed E-state index contributed by atoms with van der Waals surface area (Å²) in [6, 6.07) is 8.45. The van der Waals surface area contributed by atoms with Crippen molar-refractivity contribution in [3.8, 4) is 0 Å². The molecule has 2 aliphatic rings. The van der Waals surface area contributed by atoms with Gasteiger partial charge < -0.3 is 9.88 Å². The van der Waals surface area contributed by atoms with Gasteiger partial charge in [-0.25, -0.2) is 0 Å². The van der Waals surface area contributed by atoms with Crippen molar-refractivity contribution in [1.29, 1.82) is 0 Å². The second-order valence-electron chi connectivity index (χ2n) is 6.17. The normalized spacial score (nSPS) is 21.7. The summed E-state index contributed by atoms with van der Waals surface area (Å²) in [6.07, 6.45) is 2.85. The standard InChI is InChI=1S/C18H20N2O/c1-3-12-10-11(2)18(21)20-9-8-14-13-6-4-5-7-15(13)19-16(14)17(12)20/h4-7,11,19H,3,8-10H2,1-2H3.